The number of hydrogen-bond acceptors (Lipinski definition) is 4. The molecule has 2 saturated heterocycles. The smallest absolute Gasteiger partial charge is 0.267 e. The Morgan fingerprint density at radius 2 is 1.76 bits per heavy atom. The van der Waals surface area contributed by atoms with Crippen molar-refractivity contribution in [3.8, 4) is 5.75 Å². The van der Waals surface area contributed by atoms with Crippen molar-refractivity contribution in [1.82, 2.24) is 14.8 Å². The summed E-state index contributed by atoms with van der Waals surface area (Å²) in [4.78, 5) is 28.5. The molecule has 4 aliphatic rings. The van der Waals surface area contributed by atoms with Crippen molar-refractivity contribution >= 4 is 16.8 Å². The first-order valence-corrected chi connectivity index (χ1v) is 10.9. The predicted octanol–water partition coefficient (Wildman–Crippen LogP) is 2.97. The van der Waals surface area contributed by atoms with Gasteiger partial charge >= 0.3 is 0 Å². The fourth-order valence-corrected chi connectivity index (χ4v) is 6.37. The summed E-state index contributed by atoms with van der Waals surface area (Å²) >= 11 is 0. The minimum absolute atomic E-state index is 0.104. The molecule has 2 N–H and O–H groups in total. The summed E-state index contributed by atoms with van der Waals surface area (Å²) in [6.45, 7) is 2.08. The number of para-hydroxylation sites is 1. The SMILES string of the molecule is CCC(NC(=O)c1c(O)c2ccccc2n(C)c1=O)N1C2CC3CC(C2)CC1C3. The van der Waals surface area contributed by atoms with Gasteiger partial charge in [0.2, 0.25) is 0 Å². The predicted molar refractivity (Wildman–Crippen MR) is 112 cm³/mol. The van der Waals surface area contributed by atoms with Crippen molar-refractivity contribution in [3.05, 3.63) is 40.2 Å². The van der Waals surface area contributed by atoms with Crippen LogP contribution in [0.4, 0.5) is 0 Å². The van der Waals surface area contributed by atoms with E-state index in [9.17, 15) is 14.7 Å². The maximum atomic E-state index is 13.2. The van der Waals surface area contributed by atoms with Crippen LogP contribution in [-0.4, -0.2) is 38.7 Å². The summed E-state index contributed by atoms with van der Waals surface area (Å²) < 4.78 is 1.44. The van der Waals surface area contributed by atoms with Gasteiger partial charge in [-0.2, -0.15) is 0 Å². The zero-order valence-corrected chi connectivity index (χ0v) is 17.1. The molecule has 3 heterocycles. The van der Waals surface area contributed by atoms with E-state index in [1.165, 1.54) is 36.7 Å². The molecule has 1 amide bonds. The van der Waals surface area contributed by atoms with E-state index >= 15 is 0 Å². The number of fused-ring (bicyclic) bond motifs is 1. The van der Waals surface area contributed by atoms with Crippen LogP contribution in [0.1, 0.15) is 55.8 Å². The molecule has 4 bridgehead atoms. The highest BCUT2D eigenvalue weighted by Crippen LogP contribution is 2.49. The Hall–Kier alpha value is -2.34. The van der Waals surface area contributed by atoms with Gasteiger partial charge in [-0.15, -0.1) is 0 Å². The van der Waals surface area contributed by atoms with Gasteiger partial charge in [-0.1, -0.05) is 19.1 Å². The fourth-order valence-electron chi connectivity index (χ4n) is 6.37. The molecular formula is C23H29N3O3. The highest BCUT2D eigenvalue weighted by atomic mass is 16.3. The normalized spacial score (nSPS) is 29.3. The van der Waals surface area contributed by atoms with Gasteiger partial charge in [0.15, 0.2) is 0 Å². The molecule has 154 valence electrons. The molecule has 0 spiro atoms. The molecular weight excluding hydrogens is 366 g/mol. The molecule has 1 unspecified atom stereocenters. The van der Waals surface area contributed by atoms with Gasteiger partial charge in [0, 0.05) is 24.5 Å². The van der Waals surface area contributed by atoms with Crippen LogP contribution in [0.15, 0.2) is 29.1 Å². The second-order valence-corrected chi connectivity index (χ2v) is 9.17. The van der Waals surface area contributed by atoms with Crippen LogP contribution < -0.4 is 10.9 Å². The quantitative estimate of drug-likeness (QED) is 0.835. The summed E-state index contributed by atoms with van der Waals surface area (Å²) in [5.74, 6) is 0.989. The van der Waals surface area contributed by atoms with Crippen molar-refractivity contribution in [3.63, 3.8) is 0 Å². The number of aromatic nitrogens is 1. The number of nitrogens with one attached hydrogen (secondary N) is 1. The second kappa shape index (κ2) is 6.87. The molecule has 6 heteroatoms. The molecule has 2 aliphatic heterocycles. The van der Waals surface area contributed by atoms with Gasteiger partial charge in [-0.3, -0.25) is 14.5 Å². The van der Waals surface area contributed by atoms with E-state index < -0.39 is 11.5 Å². The van der Waals surface area contributed by atoms with E-state index in [2.05, 4.69) is 17.1 Å². The number of amides is 1. The Bertz CT molecular complexity index is 1000. The summed E-state index contributed by atoms with van der Waals surface area (Å²) in [6.07, 6.45) is 6.96. The van der Waals surface area contributed by atoms with Crippen LogP contribution in [0, 0.1) is 11.8 Å². The topological polar surface area (TPSA) is 74.6 Å². The zero-order valence-electron chi connectivity index (χ0n) is 17.1. The van der Waals surface area contributed by atoms with Gasteiger partial charge in [-0.25, -0.2) is 0 Å². The standard InChI is InChI=1S/C23H29N3O3/c1-3-19(26-15-9-13-8-14(11-15)12-16(26)10-13)24-22(28)20-21(27)17-6-4-5-7-18(17)25(2)23(20)29/h4-7,13-16,19,27H,3,8-12H2,1-2H3,(H,24,28). The number of carbonyl (C=O) groups excluding carboxylic acids is 1. The minimum atomic E-state index is -0.477. The molecule has 1 aromatic heterocycles. The first kappa shape index (κ1) is 18.7. The lowest BCUT2D eigenvalue weighted by Gasteiger charge is -2.58. The van der Waals surface area contributed by atoms with Crippen molar-refractivity contribution < 1.29 is 9.90 Å². The Balaban J connectivity index is 1.46. The van der Waals surface area contributed by atoms with Gasteiger partial charge in [0.1, 0.15) is 11.3 Å². The summed E-state index contributed by atoms with van der Waals surface area (Å²) in [5, 5.41) is 14.3. The number of benzene rings is 1. The molecule has 2 saturated carbocycles. The Morgan fingerprint density at radius 1 is 1.14 bits per heavy atom. The monoisotopic (exact) mass is 395 g/mol. The lowest BCUT2D eigenvalue weighted by atomic mass is 9.63. The summed E-state index contributed by atoms with van der Waals surface area (Å²) in [7, 11) is 1.64. The number of piperidine rings is 2. The molecule has 1 aromatic carbocycles. The van der Waals surface area contributed by atoms with Gasteiger partial charge < -0.3 is 15.0 Å². The Labute approximate surface area is 170 Å². The lowest BCUT2D eigenvalue weighted by molar-refractivity contribution is -0.0875. The van der Waals surface area contributed by atoms with E-state index in [-0.39, 0.29) is 17.5 Å². The van der Waals surface area contributed by atoms with Crippen LogP contribution in [0.2, 0.25) is 0 Å². The zero-order chi connectivity index (χ0) is 20.3. The molecule has 6 nitrogen and oxygen atoms in total. The number of carbonyl (C=O) groups is 1. The van der Waals surface area contributed by atoms with Crippen LogP contribution in [0.3, 0.4) is 0 Å². The van der Waals surface area contributed by atoms with E-state index in [1.807, 2.05) is 6.07 Å². The molecule has 6 rings (SSSR count). The minimum Gasteiger partial charge on any atom is -0.506 e. The van der Waals surface area contributed by atoms with E-state index in [1.54, 1.807) is 25.2 Å². The maximum Gasteiger partial charge on any atom is 0.267 e. The first-order valence-electron chi connectivity index (χ1n) is 10.9. The van der Waals surface area contributed by atoms with Crippen molar-refractivity contribution in [2.45, 2.75) is 63.7 Å². The van der Waals surface area contributed by atoms with Crippen molar-refractivity contribution in [1.29, 1.82) is 0 Å². The number of aryl methyl sites for hydroxylation is 1. The molecule has 29 heavy (non-hydrogen) atoms. The third-order valence-electron chi connectivity index (χ3n) is 7.48. The van der Waals surface area contributed by atoms with Crippen LogP contribution >= 0.6 is 0 Å². The van der Waals surface area contributed by atoms with E-state index in [4.69, 9.17) is 0 Å². The van der Waals surface area contributed by atoms with Gasteiger partial charge in [0.25, 0.3) is 11.5 Å². The average molecular weight is 396 g/mol. The fraction of sp³-hybridized carbons (Fsp3) is 0.565. The summed E-state index contributed by atoms with van der Waals surface area (Å²) in [5.41, 5.74) is -0.00770. The summed E-state index contributed by atoms with van der Waals surface area (Å²) in [6, 6.07) is 8.18. The second-order valence-electron chi connectivity index (χ2n) is 9.17. The third kappa shape index (κ3) is 2.88. The Morgan fingerprint density at radius 3 is 2.38 bits per heavy atom. The van der Waals surface area contributed by atoms with E-state index in [0.29, 0.717) is 23.0 Å². The highest BCUT2D eigenvalue weighted by Gasteiger charge is 2.49. The maximum absolute atomic E-state index is 13.2. The molecule has 4 fully saturated rings. The van der Waals surface area contributed by atoms with Crippen LogP contribution in [-0.2, 0) is 7.05 Å². The number of rotatable bonds is 4. The number of pyridine rings is 1. The molecule has 2 aromatic rings. The highest BCUT2D eigenvalue weighted by molar-refractivity contribution is 6.02. The van der Waals surface area contributed by atoms with Crippen LogP contribution in [0.25, 0.3) is 10.9 Å². The Kier molecular flexibility index (Phi) is 4.42. The first-order chi connectivity index (χ1) is 14.0. The molecule has 1 atom stereocenters. The van der Waals surface area contributed by atoms with Crippen LogP contribution in [0.5, 0.6) is 5.75 Å². The third-order valence-corrected chi connectivity index (χ3v) is 7.48. The number of aromatic hydroxyl groups is 1. The largest absolute Gasteiger partial charge is 0.506 e. The van der Waals surface area contributed by atoms with Gasteiger partial charge in [-0.05, 0) is 62.5 Å². The average Bonchev–Trinajstić information content (AvgIpc) is 2.70. The number of nitrogens with zero attached hydrogens (tertiary/aromatic N) is 2. The van der Waals surface area contributed by atoms with E-state index in [0.717, 1.165) is 18.3 Å². The van der Waals surface area contributed by atoms with Crippen molar-refractivity contribution in [2.75, 3.05) is 0 Å². The number of hydrogen-bond donors (Lipinski definition) is 2. The lowest BCUT2D eigenvalue weighted by Crippen LogP contribution is -2.64. The van der Waals surface area contributed by atoms with Gasteiger partial charge in [0.05, 0.1) is 11.7 Å². The molecule has 2 aliphatic carbocycles. The van der Waals surface area contributed by atoms with Crippen molar-refractivity contribution in [2.24, 2.45) is 18.9 Å². The molecule has 0 radical (unpaired) electrons.